The Labute approximate surface area is 88.6 Å². The first-order chi connectivity index (χ1) is 7.09. The Morgan fingerprint density at radius 2 is 2.27 bits per heavy atom. The summed E-state index contributed by atoms with van der Waals surface area (Å²) in [7, 11) is -3.03. The summed E-state index contributed by atoms with van der Waals surface area (Å²) in [6.45, 7) is 0.981. The number of anilines is 1. The number of pyridine rings is 1. The smallest absolute Gasteiger partial charge is 0.159 e. The van der Waals surface area contributed by atoms with Crippen molar-refractivity contribution in [1.82, 2.24) is 10.3 Å². The maximum Gasteiger partial charge on any atom is 0.159 e. The van der Waals surface area contributed by atoms with Gasteiger partial charge in [-0.1, -0.05) is 6.07 Å². The van der Waals surface area contributed by atoms with Crippen LogP contribution in [0, 0.1) is 0 Å². The molecular formula is C9H13N3O2S. The van der Waals surface area contributed by atoms with E-state index in [0.29, 0.717) is 24.5 Å². The second-order valence-corrected chi connectivity index (χ2v) is 5.88. The lowest BCUT2D eigenvalue weighted by Crippen LogP contribution is -2.38. The SMILES string of the molecule is Nc1ccc(C2CNCCS2(=O)=O)cn1. The second kappa shape index (κ2) is 3.79. The van der Waals surface area contributed by atoms with Crippen LogP contribution in [-0.2, 0) is 9.84 Å². The van der Waals surface area contributed by atoms with E-state index in [9.17, 15) is 8.42 Å². The number of nitrogens with zero attached hydrogens (tertiary/aromatic N) is 1. The highest BCUT2D eigenvalue weighted by molar-refractivity contribution is 7.91. The fourth-order valence-corrected chi connectivity index (χ4v) is 3.29. The lowest BCUT2D eigenvalue weighted by Gasteiger charge is -2.23. The predicted octanol–water partition coefficient (Wildman–Crippen LogP) is -0.277. The van der Waals surface area contributed by atoms with Gasteiger partial charge in [0.15, 0.2) is 9.84 Å². The molecule has 15 heavy (non-hydrogen) atoms. The molecule has 0 radical (unpaired) electrons. The van der Waals surface area contributed by atoms with Crippen LogP contribution in [0.3, 0.4) is 0 Å². The number of nitrogen functional groups attached to an aromatic ring is 1. The van der Waals surface area contributed by atoms with E-state index >= 15 is 0 Å². The van der Waals surface area contributed by atoms with Crippen molar-refractivity contribution in [3.8, 4) is 0 Å². The van der Waals surface area contributed by atoms with Crippen LogP contribution in [0.2, 0.25) is 0 Å². The molecule has 1 saturated heterocycles. The quantitative estimate of drug-likeness (QED) is 0.689. The lowest BCUT2D eigenvalue weighted by atomic mass is 10.2. The van der Waals surface area contributed by atoms with Crippen molar-refractivity contribution >= 4 is 15.7 Å². The van der Waals surface area contributed by atoms with Gasteiger partial charge in [-0.2, -0.15) is 0 Å². The van der Waals surface area contributed by atoms with Crippen LogP contribution in [-0.4, -0.2) is 32.2 Å². The minimum atomic E-state index is -3.03. The van der Waals surface area contributed by atoms with Gasteiger partial charge in [0.2, 0.25) is 0 Å². The number of sulfone groups is 1. The minimum Gasteiger partial charge on any atom is -0.384 e. The molecule has 0 aromatic carbocycles. The summed E-state index contributed by atoms with van der Waals surface area (Å²) in [4.78, 5) is 3.91. The third kappa shape index (κ3) is 2.10. The Bertz CT molecular complexity index is 441. The van der Waals surface area contributed by atoms with Crippen LogP contribution in [0.15, 0.2) is 18.3 Å². The molecule has 82 valence electrons. The minimum absolute atomic E-state index is 0.183. The number of hydrogen-bond acceptors (Lipinski definition) is 5. The molecule has 2 heterocycles. The van der Waals surface area contributed by atoms with Crippen molar-refractivity contribution in [3.05, 3.63) is 23.9 Å². The van der Waals surface area contributed by atoms with E-state index in [0.717, 1.165) is 0 Å². The highest BCUT2D eigenvalue weighted by atomic mass is 32.2. The molecule has 0 bridgehead atoms. The Morgan fingerprint density at radius 3 is 2.87 bits per heavy atom. The van der Waals surface area contributed by atoms with Crippen molar-refractivity contribution in [2.75, 3.05) is 24.6 Å². The molecule has 1 aromatic rings. The lowest BCUT2D eigenvalue weighted by molar-refractivity contribution is 0.551. The number of aromatic nitrogens is 1. The zero-order valence-electron chi connectivity index (χ0n) is 8.18. The first-order valence-corrected chi connectivity index (χ1v) is 6.45. The van der Waals surface area contributed by atoms with Gasteiger partial charge in [0.1, 0.15) is 11.1 Å². The molecule has 0 spiro atoms. The standard InChI is InChI=1S/C9H13N3O2S/c10-9-2-1-7(5-12-9)8-6-11-3-4-15(8,13)14/h1-2,5,8,11H,3-4,6H2,(H2,10,12). The Morgan fingerprint density at radius 1 is 1.47 bits per heavy atom. The van der Waals surface area contributed by atoms with E-state index in [1.165, 1.54) is 6.20 Å². The van der Waals surface area contributed by atoms with Gasteiger partial charge >= 0.3 is 0 Å². The van der Waals surface area contributed by atoms with E-state index < -0.39 is 15.1 Å². The van der Waals surface area contributed by atoms with Crippen LogP contribution >= 0.6 is 0 Å². The molecule has 2 rings (SSSR count). The van der Waals surface area contributed by atoms with Gasteiger partial charge < -0.3 is 11.1 Å². The van der Waals surface area contributed by atoms with Crippen LogP contribution in [0.25, 0.3) is 0 Å². The number of rotatable bonds is 1. The first-order valence-electron chi connectivity index (χ1n) is 4.73. The summed E-state index contributed by atoms with van der Waals surface area (Å²) in [6, 6.07) is 3.34. The molecular weight excluding hydrogens is 214 g/mol. The van der Waals surface area contributed by atoms with Crippen LogP contribution in [0.5, 0.6) is 0 Å². The molecule has 1 atom stereocenters. The maximum absolute atomic E-state index is 11.8. The molecule has 1 fully saturated rings. The molecule has 1 aromatic heterocycles. The summed E-state index contributed by atoms with van der Waals surface area (Å²) in [5, 5.41) is 2.58. The summed E-state index contributed by atoms with van der Waals surface area (Å²) in [5.41, 5.74) is 6.15. The molecule has 3 N–H and O–H groups in total. The van der Waals surface area contributed by atoms with E-state index in [4.69, 9.17) is 5.73 Å². The molecule has 6 heteroatoms. The summed E-state index contributed by atoms with van der Waals surface area (Å²) in [5.74, 6) is 0.585. The number of nitrogens with two attached hydrogens (primary N) is 1. The number of nitrogens with one attached hydrogen (secondary N) is 1. The Balaban J connectivity index is 2.33. The van der Waals surface area contributed by atoms with Crippen LogP contribution in [0.1, 0.15) is 10.8 Å². The van der Waals surface area contributed by atoms with Gasteiger partial charge in [-0.25, -0.2) is 13.4 Å². The van der Waals surface area contributed by atoms with Gasteiger partial charge in [-0.15, -0.1) is 0 Å². The predicted molar refractivity (Wildman–Crippen MR) is 58.0 cm³/mol. The monoisotopic (exact) mass is 227 g/mol. The topological polar surface area (TPSA) is 85.1 Å². The van der Waals surface area contributed by atoms with Crippen molar-refractivity contribution in [3.63, 3.8) is 0 Å². The summed E-state index contributed by atoms with van der Waals surface area (Å²) >= 11 is 0. The normalized spacial score (nSPS) is 24.9. The Hall–Kier alpha value is -1.14. The molecule has 0 aliphatic carbocycles. The van der Waals surface area contributed by atoms with Crippen molar-refractivity contribution in [2.24, 2.45) is 0 Å². The molecule has 1 aliphatic rings. The fraction of sp³-hybridized carbons (Fsp3) is 0.444. The summed E-state index contributed by atoms with van der Waals surface area (Å²) in [6.07, 6.45) is 1.53. The zero-order chi connectivity index (χ0) is 10.9. The third-order valence-electron chi connectivity index (χ3n) is 2.51. The molecule has 5 nitrogen and oxygen atoms in total. The van der Waals surface area contributed by atoms with Crippen LogP contribution < -0.4 is 11.1 Å². The molecule has 0 amide bonds. The van der Waals surface area contributed by atoms with E-state index in [2.05, 4.69) is 10.3 Å². The zero-order valence-corrected chi connectivity index (χ0v) is 9.00. The highest BCUT2D eigenvalue weighted by Gasteiger charge is 2.30. The van der Waals surface area contributed by atoms with Crippen molar-refractivity contribution in [2.45, 2.75) is 5.25 Å². The van der Waals surface area contributed by atoms with Crippen molar-refractivity contribution < 1.29 is 8.42 Å². The largest absolute Gasteiger partial charge is 0.384 e. The Kier molecular flexibility index (Phi) is 2.62. The molecule has 1 aliphatic heterocycles. The van der Waals surface area contributed by atoms with Gasteiger partial charge in [-0.3, -0.25) is 0 Å². The average Bonchev–Trinajstić information content (AvgIpc) is 2.19. The summed E-state index contributed by atoms with van der Waals surface area (Å²) < 4.78 is 23.5. The van der Waals surface area contributed by atoms with Crippen LogP contribution in [0.4, 0.5) is 5.82 Å². The molecule has 1 unspecified atom stereocenters. The third-order valence-corrected chi connectivity index (χ3v) is 4.59. The second-order valence-electron chi connectivity index (χ2n) is 3.58. The van der Waals surface area contributed by atoms with E-state index in [1.54, 1.807) is 12.1 Å². The van der Waals surface area contributed by atoms with Gasteiger partial charge in [-0.05, 0) is 11.6 Å². The number of hydrogen-bond donors (Lipinski definition) is 2. The maximum atomic E-state index is 11.8. The average molecular weight is 227 g/mol. The molecule has 0 saturated carbocycles. The van der Waals surface area contributed by atoms with Crippen molar-refractivity contribution in [1.29, 1.82) is 0 Å². The first kappa shape index (κ1) is 10.4. The van der Waals surface area contributed by atoms with E-state index in [1.807, 2.05) is 0 Å². The van der Waals surface area contributed by atoms with Gasteiger partial charge in [0.25, 0.3) is 0 Å². The van der Waals surface area contributed by atoms with Gasteiger partial charge in [0, 0.05) is 19.3 Å². The van der Waals surface area contributed by atoms with Gasteiger partial charge in [0.05, 0.1) is 5.75 Å². The highest BCUT2D eigenvalue weighted by Crippen LogP contribution is 2.24. The van der Waals surface area contributed by atoms with E-state index in [-0.39, 0.29) is 5.75 Å². The fourth-order valence-electron chi connectivity index (χ4n) is 1.65.